The van der Waals surface area contributed by atoms with Crippen molar-refractivity contribution >= 4 is 5.97 Å². The van der Waals surface area contributed by atoms with E-state index in [1.54, 1.807) is 24.3 Å². The fraction of sp³-hybridized carbons (Fsp3) is 0.357. The lowest BCUT2D eigenvalue weighted by atomic mass is 9.89. The number of carbonyl (C=O) groups is 1. The maximum Gasteiger partial charge on any atom is 0.339 e. The highest BCUT2D eigenvalue weighted by molar-refractivity contribution is 5.89. The summed E-state index contributed by atoms with van der Waals surface area (Å²) in [5, 5.41) is 0. The lowest BCUT2D eigenvalue weighted by Crippen LogP contribution is -2.30. The summed E-state index contributed by atoms with van der Waals surface area (Å²) in [6.07, 6.45) is 4.84. The second-order valence-electron chi connectivity index (χ2n) is 4.68. The predicted molar refractivity (Wildman–Crippen MR) is 63.9 cm³/mol. The Bertz CT molecular complexity index is 393. The van der Waals surface area contributed by atoms with Gasteiger partial charge in [0.05, 0.1) is 5.56 Å². The Morgan fingerprint density at radius 1 is 1.31 bits per heavy atom. The maximum absolute atomic E-state index is 11.7. The fourth-order valence-electron chi connectivity index (χ4n) is 1.21. The van der Waals surface area contributed by atoms with E-state index in [1.165, 1.54) is 0 Å². The molecule has 0 N–H and O–H groups in total. The number of rotatable bonds is 2. The average Bonchev–Trinajstić information content (AvgIpc) is 2.25. The minimum absolute atomic E-state index is 0.251. The Morgan fingerprint density at radius 2 is 1.88 bits per heavy atom. The highest BCUT2D eigenvalue weighted by Gasteiger charge is 2.26. The van der Waals surface area contributed by atoms with Crippen LogP contribution in [0.4, 0.5) is 0 Å². The smallest absolute Gasteiger partial charge is 0.339 e. The summed E-state index contributed by atoms with van der Waals surface area (Å²) in [5.41, 5.74) is 0.270. The molecule has 1 atom stereocenters. The normalized spacial score (nSPS) is 12.6. The standard InChI is InChI=1S/C14H16O2/c1-5-12(14(2,3)4)16-13(15)11-9-7-6-8-10-11/h1,6-10,12H,2-4H3/t12-/m1/s1. The highest BCUT2D eigenvalue weighted by atomic mass is 16.5. The Kier molecular flexibility index (Phi) is 3.73. The van der Waals surface area contributed by atoms with E-state index in [0.29, 0.717) is 5.56 Å². The molecule has 0 amide bonds. The molecular weight excluding hydrogens is 200 g/mol. The van der Waals surface area contributed by atoms with Crippen molar-refractivity contribution in [2.45, 2.75) is 26.9 Å². The summed E-state index contributed by atoms with van der Waals surface area (Å²) in [5.74, 6) is 2.12. The van der Waals surface area contributed by atoms with Crippen molar-refractivity contribution < 1.29 is 9.53 Å². The monoisotopic (exact) mass is 216 g/mol. The summed E-state index contributed by atoms with van der Waals surface area (Å²) in [6.45, 7) is 5.82. The van der Waals surface area contributed by atoms with Crippen LogP contribution in [0.3, 0.4) is 0 Å². The Morgan fingerprint density at radius 3 is 2.31 bits per heavy atom. The second-order valence-corrected chi connectivity index (χ2v) is 4.68. The zero-order valence-electron chi connectivity index (χ0n) is 9.86. The molecule has 1 aromatic carbocycles. The molecule has 1 aromatic rings. The van der Waals surface area contributed by atoms with Gasteiger partial charge in [-0.15, -0.1) is 6.42 Å². The molecule has 84 valence electrons. The molecule has 2 heteroatoms. The molecule has 0 spiro atoms. The first-order valence-corrected chi connectivity index (χ1v) is 5.17. The van der Waals surface area contributed by atoms with E-state index in [-0.39, 0.29) is 11.4 Å². The number of benzene rings is 1. The van der Waals surface area contributed by atoms with Crippen molar-refractivity contribution in [3.8, 4) is 12.3 Å². The maximum atomic E-state index is 11.7. The zero-order chi connectivity index (χ0) is 12.2. The van der Waals surface area contributed by atoms with Crippen molar-refractivity contribution in [1.29, 1.82) is 0 Å². The molecule has 0 bridgehead atoms. The van der Waals surface area contributed by atoms with E-state index in [4.69, 9.17) is 11.2 Å². The third-order valence-electron chi connectivity index (χ3n) is 2.17. The SMILES string of the molecule is C#C[C@@H](OC(=O)c1ccccc1)C(C)(C)C. The van der Waals surface area contributed by atoms with Gasteiger partial charge in [0.25, 0.3) is 0 Å². The van der Waals surface area contributed by atoms with Crippen molar-refractivity contribution in [2.75, 3.05) is 0 Å². The summed E-state index contributed by atoms with van der Waals surface area (Å²) < 4.78 is 5.28. The molecule has 0 saturated carbocycles. The Labute approximate surface area is 96.6 Å². The van der Waals surface area contributed by atoms with Crippen LogP contribution in [0.15, 0.2) is 30.3 Å². The van der Waals surface area contributed by atoms with E-state index in [0.717, 1.165) is 0 Å². The van der Waals surface area contributed by atoms with Gasteiger partial charge in [0.15, 0.2) is 6.10 Å². The molecule has 0 radical (unpaired) electrons. The number of carbonyl (C=O) groups excluding carboxylic acids is 1. The van der Waals surface area contributed by atoms with Gasteiger partial charge in [-0.1, -0.05) is 44.9 Å². The van der Waals surface area contributed by atoms with Gasteiger partial charge in [0, 0.05) is 5.41 Å². The summed E-state index contributed by atoms with van der Waals surface area (Å²) >= 11 is 0. The molecule has 0 heterocycles. The molecule has 2 nitrogen and oxygen atoms in total. The van der Waals surface area contributed by atoms with Crippen LogP contribution in [-0.2, 0) is 4.74 Å². The van der Waals surface area contributed by atoms with Crippen molar-refractivity contribution in [2.24, 2.45) is 5.41 Å². The first-order chi connectivity index (χ1) is 7.45. The third-order valence-corrected chi connectivity index (χ3v) is 2.17. The number of hydrogen-bond donors (Lipinski definition) is 0. The van der Waals surface area contributed by atoms with Gasteiger partial charge in [-0.25, -0.2) is 4.79 Å². The zero-order valence-corrected chi connectivity index (χ0v) is 9.86. The van der Waals surface area contributed by atoms with E-state index in [2.05, 4.69) is 5.92 Å². The van der Waals surface area contributed by atoms with Gasteiger partial charge in [0.2, 0.25) is 0 Å². The average molecular weight is 216 g/mol. The van der Waals surface area contributed by atoms with E-state index >= 15 is 0 Å². The van der Waals surface area contributed by atoms with Gasteiger partial charge >= 0.3 is 5.97 Å². The molecular formula is C14H16O2. The van der Waals surface area contributed by atoms with Gasteiger partial charge in [-0.2, -0.15) is 0 Å². The van der Waals surface area contributed by atoms with E-state index in [1.807, 2.05) is 26.8 Å². The Balaban J connectivity index is 2.76. The molecule has 0 aliphatic rings. The van der Waals surface area contributed by atoms with E-state index in [9.17, 15) is 4.79 Å². The predicted octanol–water partition coefficient (Wildman–Crippen LogP) is 2.89. The van der Waals surface area contributed by atoms with E-state index < -0.39 is 6.10 Å². The van der Waals surface area contributed by atoms with Crippen LogP contribution in [0.5, 0.6) is 0 Å². The largest absolute Gasteiger partial charge is 0.445 e. The van der Waals surface area contributed by atoms with Crippen molar-refractivity contribution in [3.63, 3.8) is 0 Å². The molecule has 0 saturated heterocycles. The van der Waals surface area contributed by atoms with Crippen LogP contribution < -0.4 is 0 Å². The van der Waals surface area contributed by atoms with Crippen LogP contribution in [0.2, 0.25) is 0 Å². The van der Waals surface area contributed by atoms with Gasteiger partial charge in [-0.05, 0) is 12.1 Å². The molecule has 0 aliphatic heterocycles. The van der Waals surface area contributed by atoms with Crippen LogP contribution in [0.25, 0.3) is 0 Å². The Hall–Kier alpha value is -1.75. The van der Waals surface area contributed by atoms with Crippen LogP contribution in [0.1, 0.15) is 31.1 Å². The van der Waals surface area contributed by atoms with Crippen LogP contribution >= 0.6 is 0 Å². The minimum atomic E-state index is -0.514. The topological polar surface area (TPSA) is 26.3 Å². The molecule has 0 aliphatic carbocycles. The minimum Gasteiger partial charge on any atom is -0.445 e. The molecule has 0 unspecified atom stereocenters. The summed E-state index contributed by atoms with van der Waals surface area (Å²) in [7, 11) is 0. The summed E-state index contributed by atoms with van der Waals surface area (Å²) in [4.78, 5) is 11.7. The van der Waals surface area contributed by atoms with Gasteiger partial charge < -0.3 is 4.74 Å². The lowest BCUT2D eigenvalue weighted by molar-refractivity contribution is 0.0180. The number of esters is 1. The number of hydrogen-bond acceptors (Lipinski definition) is 2. The van der Waals surface area contributed by atoms with Crippen LogP contribution in [0, 0.1) is 17.8 Å². The molecule has 1 rings (SSSR count). The molecule has 16 heavy (non-hydrogen) atoms. The number of ether oxygens (including phenoxy) is 1. The van der Waals surface area contributed by atoms with Crippen molar-refractivity contribution in [1.82, 2.24) is 0 Å². The fourth-order valence-corrected chi connectivity index (χ4v) is 1.21. The number of terminal acetylenes is 1. The lowest BCUT2D eigenvalue weighted by Gasteiger charge is -2.25. The highest BCUT2D eigenvalue weighted by Crippen LogP contribution is 2.22. The first-order valence-electron chi connectivity index (χ1n) is 5.17. The summed E-state index contributed by atoms with van der Waals surface area (Å²) in [6, 6.07) is 8.84. The molecule has 0 aromatic heterocycles. The van der Waals surface area contributed by atoms with Gasteiger partial charge in [-0.3, -0.25) is 0 Å². The second kappa shape index (κ2) is 4.85. The third kappa shape index (κ3) is 3.13. The van der Waals surface area contributed by atoms with Crippen molar-refractivity contribution in [3.05, 3.63) is 35.9 Å². The quantitative estimate of drug-likeness (QED) is 0.561. The first kappa shape index (κ1) is 12.3. The van der Waals surface area contributed by atoms with Gasteiger partial charge in [0.1, 0.15) is 0 Å². The molecule has 0 fully saturated rings. The van der Waals surface area contributed by atoms with Crippen LogP contribution in [-0.4, -0.2) is 12.1 Å².